The third-order valence-electron chi connectivity index (χ3n) is 5.48. The molecule has 0 radical (unpaired) electrons. The predicted molar refractivity (Wildman–Crippen MR) is 95.3 cm³/mol. The van der Waals surface area contributed by atoms with Crippen molar-refractivity contribution in [2.24, 2.45) is 5.92 Å². The molecule has 136 valence electrons. The van der Waals surface area contributed by atoms with Gasteiger partial charge in [-0.25, -0.2) is 9.80 Å². The molecule has 2 fully saturated rings. The fourth-order valence-corrected chi connectivity index (χ4v) is 4.09. The molecule has 2 aliphatic heterocycles. The minimum absolute atomic E-state index is 0. The van der Waals surface area contributed by atoms with Gasteiger partial charge in [-0.2, -0.15) is 0 Å². The molecule has 0 aromatic heterocycles. The molecule has 6 nitrogen and oxygen atoms in total. The molecule has 0 unspecified atom stereocenters. The van der Waals surface area contributed by atoms with Crippen molar-refractivity contribution in [1.29, 1.82) is 0 Å². The van der Waals surface area contributed by atoms with Gasteiger partial charge < -0.3 is 10.1 Å². The van der Waals surface area contributed by atoms with Crippen molar-refractivity contribution in [1.82, 2.24) is 15.8 Å². The van der Waals surface area contributed by atoms with Crippen molar-refractivity contribution in [2.75, 3.05) is 26.2 Å². The van der Waals surface area contributed by atoms with Crippen LogP contribution in [0.25, 0.3) is 0 Å². The number of hydrogen-bond acceptors (Lipinski definition) is 5. The van der Waals surface area contributed by atoms with Gasteiger partial charge in [0.05, 0.1) is 5.56 Å². The quantitative estimate of drug-likeness (QED) is 0.779. The van der Waals surface area contributed by atoms with Crippen molar-refractivity contribution < 1.29 is 14.3 Å². The second-order valence-electron chi connectivity index (χ2n) is 6.92. The summed E-state index contributed by atoms with van der Waals surface area (Å²) >= 11 is 0. The van der Waals surface area contributed by atoms with E-state index in [1.165, 1.54) is 0 Å². The summed E-state index contributed by atoms with van der Waals surface area (Å²) in [6.07, 6.45) is 2.93. The van der Waals surface area contributed by atoms with E-state index in [0.29, 0.717) is 5.56 Å². The van der Waals surface area contributed by atoms with E-state index >= 15 is 0 Å². The molecular weight excluding hydrogens is 342 g/mol. The number of esters is 1. The zero-order valence-corrected chi connectivity index (χ0v) is 14.9. The maximum absolute atomic E-state index is 12.5. The first-order chi connectivity index (χ1) is 11.7. The van der Waals surface area contributed by atoms with Gasteiger partial charge in [0.2, 0.25) is 5.91 Å². The average Bonchev–Trinajstić information content (AvgIpc) is 2.89. The number of ether oxygens (including phenoxy) is 1. The maximum Gasteiger partial charge on any atom is 0.339 e. The Hall–Kier alpha value is -1.63. The highest BCUT2D eigenvalue weighted by atomic mass is 35.5. The van der Waals surface area contributed by atoms with E-state index in [0.717, 1.165) is 57.4 Å². The summed E-state index contributed by atoms with van der Waals surface area (Å²) in [6.45, 7) is 3.49. The van der Waals surface area contributed by atoms with Crippen LogP contribution >= 0.6 is 12.4 Å². The molecule has 1 saturated heterocycles. The van der Waals surface area contributed by atoms with Gasteiger partial charge in [0, 0.05) is 37.7 Å². The SMILES string of the molecule is Cl.O=C1O[C@]2(CC[C@H](C(=O)NN3CCNCC3)CC2)c2ccccc21. The van der Waals surface area contributed by atoms with Crippen LogP contribution in [0.3, 0.4) is 0 Å². The topological polar surface area (TPSA) is 70.7 Å². The van der Waals surface area contributed by atoms with Crippen molar-refractivity contribution in [2.45, 2.75) is 31.3 Å². The first-order valence-electron chi connectivity index (χ1n) is 8.77. The first-order valence-corrected chi connectivity index (χ1v) is 8.77. The predicted octanol–water partition coefficient (Wildman–Crippen LogP) is 1.60. The molecule has 2 N–H and O–H groups in total. The molecule has 1 amide bonds. The third-order valence-corrected chi connectivity index (χ3v) is 5.48. The Morgan fingerprint density at radius 1 is 1.20 bits per heavy atom. The second kappa shape index (κ2) is 7.32. The Balaban J connectivity index is 0.00000182. The minimum atomic E-state index is -0.514. The lowest BCUT2D eigenvalue weighted by molar-refractivity contribution is -0.133. The Labute approximate surface area is 153 Å². The maximum atomic E-state index is 12.5. The molecule has 3 aliphatic rings. The van der Waals surface area contributed by atoms with Crippen molar-refractivity contribution in [3.63, 3.8) is 0 Å². The summed E-state index contributed by atoms with van der Waals surface area (Å²) in [5.74, 6) is -0.129. The van der Waals surface area contributed by atoms with E-state index in [1.807, 2.05) is 29.3 Å². The lowest BCUT2D eigenvalue weighted by atomic mass is 9.75. The Morgan fingerprint density at radius 3 is 2.60 bits per heavy atom. The van der Waals surface area contributed by atoms with E-state index < -0.39 is 5.60 Å². The first kappa shape index (κ1) is 18.2. The fraction of sp³-hybridized carbons (Fsp3) is 0.556. The number of benzene rings is 1. The molecule has 1 saturated carbocycles. The molecule has 0 bridgehead atoms. The van der Waals surface area contributed by atoms with E-state index in [1.54, 1.807) is 0 Å². The number of halogens is 1. The van der Waals surface area contributed by atoms with Gasteiger partial charge in [0.15, 0.2) is 0 Å². The molecule has 1 aliphatic carbocycles. The lowest BCUT2D eigenvalue weighted by Crippen LogP contribution is -2.53. The number of carbonyl (C=O) groups is 2. The number of rotatable bonds is 2. The summed E-state index contributed by atoms with van der Waals surface area (Å²) in [7, 11) is 0. The number of hydrogen-bond donors (Lipinski definition) is 2. The number of fused-ring (bicyclic) bond motifs is 2. The summed E-state index contributed by atoms with van der Waals surface area (Å²) in [6, 6.07) is 7.63. The van der Waals surface area contributed by atoms with E-state index in [9.17, 15) is 9.59 Å². The van der Waals surface area contributed by atoms with Crippen LogP contribution in [0.2, 0.25) is 0 Å². The Bertz CT molecular complexity index is 653. The van der Waals surface area contributed by atoms with Gasteiger partial charge in [-0.15, -0.1) is 12.4 Å². The van der Waals surface area contributed by atoms with Gasteiger partial charge in [0.1, 0.15) is 5.60 Å². The largest absolute Gasteiger partial charge is 0.451 e. The highest BCUT2D eigenvalue weighted by Gasteiger charge is 2.48. The number of carbonyl (C=O) groups excluding carboxylic acids is 2. The number of amides is 1. The molecular formula is C18H24ClN3O3. The number of nitrogens with zero attached hydrogens (tertiary/aromatic N) is 1. The molecule has 4 rings (SSSR count). The normalized spacial score (nSPS) is 28.8. The molecule has 7 heteroatoms. The Morgan fingerprint density at radius 2 is 1.88 bits per heavy atom. The van der Waals surface area contributed by atoms with Crippen LogP contribution in [0.5, 0.6) is 0 Å². The van der Waals surface area contributed by atoms with Crippen LogP contribution < -0.4 is 10.7 Å². The van der Waals surface area contributed by atoms with E-state index in [-0.39, 0.29) is 30.2 Å². The smallest absolute Gasteiger partial charge is 0.339 e. The molecule has 1 spiro atoms. The molecule has 1 aromatic rings. The second-order valence-corrected chi connectivity index (χ2v) is 6.92. The number of piperazine rings is 1. The Kier molecular flexibility index (Phi) is 5.32. The van der Waals surface area contributed by atoms with Gasteiger partial charge in [0.25, 0.3) is 0 Å². The van der Waals surface area contributed by atoms with Crippen LogP contribution in [0.1, 0.15) is 41.6 Å². The summed E-state index contributed by atoms with van der Waals surface area (Å²) in [5, 5.41) is 5.27. The van der Waals surface area contributed by atoms with Gasteiger partial charge in [-0.05, 0) is 31.7 Å². The summed E-state index contributed by atoms with van der Waals surface area (Å²) in [4.78, 5) is 24.6. The van der Waals surface area contributed by atoms with Crippen LogP contribution in [0, 0.1) is 5.92 Å². The van der Waals surface area contributed by atoms with Crippen molar-refractivity contribution in [3.05, 3.63) is 35.4 Å². The number of nitrogens with one attached hydrogen (secondary N) is 2. The highest BCUT2D eigenvalue weighted by Crippen LogP contribution is 2.47. The van der Waals surface area contributed by atoms with Gasteiger partial charge in [-0.3, -0.25) is 10.2 Å². The van der Waals surface area contributed by atoms with Gasteiger partial charge >= 0.3 is 5.97 Å². The summed E-state index contributed by atoms with van der Waals surface area (Å²) < 4.78 is 5.75. The van der Waals surface area contributed by atoms with Gasteiger partial charge in [-0.1, -0.05) is 18.2 Å². The van der Waals surface area contributed by atoms with Crippen LogP contribution in [0.4, 0.5) is 0 Å². The van der Waals surface area contributed by atoms with E-state index in [4.69, 9.17) is 4.74 Å². The average molecular weight is 366 g/mol. The minimum Gasteiger partial charge on any atom is -0.451 e. The molecule has 25 heavy (non-hydrogen) atoms. The monoisotopic (exact) mass is 365 g/mol. The zero-order chi connectivity index (χ0) is 16.6. The van der Waals surface area contributed by atoms with Crippen LogP contribution in [-0.2, 0) is 15.1 Å². The van der Waals surface area contributed by atoms with Crippen LogP contribution in [-0.4, -0.2) is 43.1 Å². The summed E-state index contributed by atoms with van der Waals surface area (Å²) in [5.41, 5.74) is 4.21. The highest BCUT2D eigenvalue weighted by molar-refractivity contribution is 5.94. The van der Waals surface area contributed by atoms with E-state index in [2.05, 4.69) is 10.7 Å². The molecule has 1 aromatic carbocycles. The third kappa shape index (κ3) is 3.38. The zero-order valence-electron chi connectivity index (χ0n) is 14.1. The van der Waals surface area contributed by atoms with Crippen molar-refractivity contribution in [3.8, 4) is 0 Å². The van der Waals surface area contributed by atoms with Crippen LogP contribution in [0.15, 0.2) is 24.3 Å². The molecule has 2 heterocycles. The number of hydrazine groups is 1. The standard InChI is InChI=1S/C18H23N3O3.ClH/c22-16(20-21-11-9-19-10-12-21)13-5-7-18(8-6-13)15-4-2-1-3-14(15)17(23)24-18;/h1-4,13,19H,5-12H2,(H,20,22);1H/t13-,18-;. The molecule has 0 atom stereocenters. The lowest BCUT2D eigenvalue weighted by Gasteiger charge is -2.37. The van der Waals surface area contributed by atoms with Crippen molar-refractivity contribution >= 4 is 24.3 Å². The fourth-order valence-electron chi connectivity index (χ4n) is 4.09.